The van der Waals surface area contributed by atoms with Crippen LogP contribution < -0.4 is 5.32 Å². The summed E-state index contributed by atoms with van der Waals surface area (Å²) in [6, 6.07) is 10.6. The Morgan fingerprint density at radius 1 is 1.00 bits per heavy atom. The van der Waals surface area contributed by atoms with E-state index in [1.54, 1.807) is 24.3 Å². The molecule has 0 saturated heterocycles. The summed E-state index contributed by atoms with van der Waals surface area (Å²) < 4.78 is 0. The molecule has 0 aliphatic heterocycles. The molecule has 19 heavy (non-hydrogen) atoms. The van der Waals surface area contributed by atoms with Crippen molar-refractivity contribution in [1.82, 2.24) is 0 Å². The van der Waals surface area contributed by atoms with Gasteiger partial charge in [0.05, 0.1) is 0 Å². The van der Waals surface area contributed by atoms with Crippen LogP contribution in [-0.4, -0.2) is 5.91 Å². The van der Waals surface area contributed by atoms with Gasteiger partial charge in [-0.2, -0.15) is 0 Å². The summed E-state index contributed by atoms with van der Waals surface area (Å²) in [7, 11) is 0. The number of benzene rings is 2. The summed E-state index contributed by atoms with van der Waals surface area (Å²) in [6.45, 7) is 3.80. The number of rotatable bonds is 2. The predicted octanol–water partition coefficient (Wildman–Crippen LogP) is 4.86. The molecule has 0 heterocycles. The fourth-order valence-corrected chi connectivity index (χ4v) is 2.01. The van der Waals surface area contributed by atoms with E-state index < -0.39 is 0 Å². The van der Waals surface area contributed by atoms with E-state index in [-0.39, 0.29) is 5.91 Å². The number of carbonyl (C=O) groups excluding carboxylic acids is 1. The van der Waals surface area contributed by atoms with Crippen molar-refractivity contribution in [2.45, 2.75) is 13.8 Å². The molecule has 0 saturated carbocycles. The van der Waals surface area contributed by atoms with Crippen LogP contribution in [0.15, 0.2) is 36.4 Å². The van der Waals surface area contributed by atoms with Crippen molar-refractivity contribution in [2.75, 3.05) is 5.32 Å². The lowest BCUT2D eigenvalue weighted by Crippen LogP contribution is -2.12. The zero-order valence-electron chi connectivity index (χ0n) is 10.6. The second kappa shape index (κ2) is 5.64. The predicted molar refractivity (Wildman–Crippen MR) is 80.3 cm³/mol. The van der Waals surface area contributed by atoms with E-state index in [0.29, 0.717) is 21.3 Å². The second-order valence-electron chi connectivity index (χ2n) is 4.38. The third kappa shape index (κ3) is 3.28. The van der Waals surface area contributed by atoms with Crippen molar-refractivity contribution in [2.24, 2.45) is 0 Å². The Morgan fingerprint density at radius 3 is 2.37 bits per heavy atom. The van der Waals surface area contributed by atoms with Crippen molar-refractivity contribution in [3.8, 4) is 0 Å². The highest BCUT2D eigenvalue weighted by Crippen LogP contribution is 2.22. The van der Waals surface area contributed by atoms with E-state index in [2.05, 4.69) is 5.32 Å². The average Bonchev–Trinajstić information content (AvgIpc) is 2.37. The molecule has 0 aliphatic rings. The van der Waals surface area contributed by atoms with E-state index in [4.69, 9.17) is 23.2 Å². The molecule has 4 heteroatoms. The van der Waals surface area contributed by atoms with Crippen LogP contribution in [0.2, 0.25) is 10.0 Å². The zero-order chi connectivity index (χ0) is 14.0. The van der Waals surface area contributed by atoms with Crippen LogP contribution in [0.4, 0.5) is 5.69 Å². The van der Waals surface area contributed by atoms with Gasteiger partial charge in [-0.05, 0) is 49.2 Å². The topological polar surface area (TPSA) is 29.1 Å². The highest BCUT2D eigenvalue weighted by Gasteiger charge is 2.09. The molecule has 0 unspecified atom stereocenters. The number of anilines is 1. The van der Waals surface area contributed by atoms with Gasteiger partial charge < -0.3 is 5.32 Å². The van der Waals surface area contributed by atoms with E-state index >= 15 is 0 Å². The van der Waals surface area contributed by atoms with Crippen molar-refractivity contribution in [1.29, 1.82) is 0 Å². The lowest BCUT2D eigenvalue weighted by molar-refractivity contribution is 0.102. The molecule has 0 spiro atoms. The van der Waals surface area contributed by atoms with Gasteiger partial charge in [-0.15, -0.1) is 0 Å². The van der Waals surface area contributed by atoms with Gasteiger partial charge in [-0.3, -0.25) is 4.79 Å². The number of carbonyl (C=O) groups is 1. The van der Waals surface area contributed by atoms with Crippen LogP contribution in [0.5, 0.6) is 0 Å². The van der Waals surface area contributed by atoms with E-state index in [1.807, 2.05) is 26.0 Å². The van der Waals surface area contributed by atoms with Crippen LogP contribution in [0.1, 0.15) is 21.5 Å². The van der Waals surface area contributed by atoms with Crippen LogP contribution >= 0.6 is 23.2 Å². The molecule has 2 aromatic rings. The standard InChI is InChI=1S/C15H13Cl2NO/c1-9-3-5-11(7-13(9)17)15(19)18-14-8-12(16)6-4-10(14)2/h3-8H,1-2H3,(H,18,19). The molecule has 1 amide bonds. The number of hydrogen-bond acceptors (Lipinski definition) is 1. The average molecular weight is 294 g/mol. The quantitative estimate of drug-likeness (QED) is 0.841. The smallest absolute Gasteiger partial charge is 0.255 e. The largest absolute Gasteiger partial charge is 0.322 e. The molecular formula is C15H13Cl2NO. The molecular weight excluding hydrogens is 281 g/mol. The Hall–Kier alpha value is -1.51. The summed E-state index contributed by atoms with van der Waals surface area (Å²) in [5.41, 5.74) is 3.12. The number of halogens is 2. The third-order valence-corrected chi connectivity index (χ3v) is 3.52. The highest BCUT2D eigenvalue weighted by molar-refractivity contribution is 6.32. The van der Waals surface area contributed by atoms with E-state index in [1.165, 1.54) is 0 Å². The Morgan fingerprint density at radius 2 is 1.68 bits per heavy atom. The van der Waals surface area contributed by atoms with Crippen LogP contribution in [0.25, 0.3) is 0 Å². The molecule has 2 rings (SSSR count). The highest BCUT2D eigenvalue weighted by atomic mass is 35.5. The number of hydrogen-bond donors (Lipinski definition) is 1. The monoisotopic (exact) mass is 293 g/mol. The molecule has 0 radical (unpaired) electrons. The van der Waals surface area contributed by atoms with Gasteiger partial charge in [0.1, 0.15) is 0 Å². The van der Waals surface area contributed by atoms with Gasteiger partial charge in [-0.25, -0.2) is 0 Å². The molecule has 0 atom stereocenters. The summed E-state index contributed by atoms with van der Waals surface area (Å²) in [6.07, 6.45) is 0. The molecule has 0 fully saturated rings. The summed E-state index contributed by atoms with van der Waals surface area (Å²) in [5.74, 6) is -0.202. The van der Waals surface area contributed by atoms with Crippen molar-refractivity contribution >= 4 is 34.8 Å². The van der Waals surface area contributed by atoms with Crippen LogP contribution in [0, 0.1) is 13.8 Å². The molecule has 0 aliphatic carbocycles. The Bertz CT molecular complexity index is 638. The van der Waals surface area contributed by atoms with Gasteiger partial charge >= 0.3 is 0 Å². The van der Waals surface area contributed by atoms with Gasteiger partial charge in [0.15, 0.2) is 0 Å². The van der Waals surface area contributed by atoms with E-state index in [0.717, 1.165) is 11.1 Å². The van der Waals surface area contributed by atoms with Gasteiger partial charge in [-0.1, -0.05) is 35.3 Å². The lowest BCUT2D eigenvalue weighted by Gasteiger charge is -2.09. The summed E-state index contributed by atoms with van der Waals surface area (Å²) >= 11 is 11.9. The summed E-state index contributed by atoms with van der Waals surface area (Å²) in [4.78, 5) is 12.1. The Balaban J connectivity index is 2.25. The van der Waals surface area contributed by atoms with Crippen LogP contribution in [0.3, 0.4) is 0 Å². The van der Waals surface area contributed by atoms with Crippen molar-refractivity contribution in [3.63, 3.8) is 0 Å². The molecule has 0 bridgehead atoms. The number of aryl methyl sites for hydroxylation is 2. The van der Waals surface area contributed by atoms with Gasteiger partial charge in [0, 0.05) is 21.3 Å². The first-order valence-corrected chi connectivity index (χ1v) is 6.56. The molecule has 2 nitrogen and oxygen atoms in total. The first-order chi connectivity index (χ1) is 8.97. The maximum absolute atomic E-state index is 12.1. The normalized spacial score (nSPS) is 10.3. The zero-order valence-corrected chi connectivity index (χ0v) is 12.1. The second-order valence-corrected chi connectivity index (χ2v) is 5.22. The summed E-state index contributed by atoms with van der Waals surface area (Å²) in [5, 5.41) is 4.00. The first-order valence-electron chi connectivity index (χ1n) is 5.81. The first kappa shape index (κ1) is 13.9. The fourth-order valence-electron chi connectivity index (χ4n) is 1.66. The van der Waals surface area contributed by atoms with Crippen LogP contribution in [-0.2, 0) is 0 Å². The minimum Gasteiger partial charge on any atom is -0.322 e. The SMILES string of the molecule is Cc1ccc(C(=O)Nc2cc(Cl)ccc2C)cc1Cl. The minimum atomic E-state index is -0.202. The van der Waals surface area contributed by atoms with Crippen molar-refractivity contribution < 1.29 is 4.79 Å². The fraction of sp³-hybridized carbons (Fsp3) is 0.133. The molecule has 98 valence electrons. The Labute approximate surface area is 122 Å². The third-order valence-electron chi connectivity index (χ3n) is 2.88. The van der Waals surface area contributed by atoms with Gasteiger partial charge in [0.2, 0.25) is 0 Å². The molecule has 0 aromatic heterocycles. The minimum absolute atomic E-state index is 0.202. The number of amides is 1. The Kier molecular flexibility index (Phi) is 4.13. The molecule has 1 N–H and O–H groups in total. The lowest BCUT2D eigenvalue weighted by atomic mass is 10.1. The molecule has 2 aromatic carbocycles. The maximum Gasteiger partial charge on any atom is 0.255 e. The maximum atomic E-state index is 12.1. The van der Waals surface area contributed by atoms with Crippen molar-refractivity contribution in [3.05, 3.63) is 63.1 Å². The van der Waals surface area contributed by atoms with E-state index in [9.17, 15) is 4.79 Å². The van der Waals surface area contributed by atoms with Gasteiger partial charge in [0.25, 0.3) is 5.91 Å². The number of nitrogens with one attached hydrogen (secondary N) is 1.